The number of carbonyl (C=O) groups excluding carboxylic acids is 1. The van der Waals surface area contributed by atoms with Crippen LogP contribution in [0.15, 0.2) is 0 Å². The maximum Gasteiger partial charge on any atom is 0.324 e. The minimum absolute atomic E-state index is 0.0582. The van der Waals surface area contributed by atoms with E-state index in [1.54, 1.807) is 4.90 Å². The van der Waals surface area contributed by atoms with E-state index in [0.29, 0.717) is 11.6 Å². The molecule has 0 spiro atoms. The zero-order chi connectivity index (χ0) is 15.1. The van der Waals surface area contributed by atoms with Crippen LogP contribution in [0, 0.1) is 12.8 Å². The van der Waals surface area contributed by atoms with Gasteiger partial charge in [-0.15, -0.1) is 11.3 Å². The van der Waals surface area contributed by atoms with Crippen LogP contribution in [-0.4, -0.2) is 39.1 Å². The number of aliphatic carboxylic acids is 1. The molecule has 3 unspecified atom stereocenters. The van der Waals surface area contributed by atoms with Crippen molar-refractivity contribution < 1.29 is 14.7 Å². The highest BCUT2D eigenvalue weighted by molar-refractivity contribution is 7.15. The standard InChI is InChI=1S/C14H19N3O3S/c1-3-10-7(2)21-13(15-10)16-14(20)17-8-4-5-11(17)9(6-8)12(18)19/h8-9,11H,3-6H2,1-2H3,(H,18,19)(H,15,16,20). The van der Waals surface area contributed by atoms with E-state index in [-0.39, 0.29) is 18.1 Å². The van der Waals surface area contributed by atoms with E-state index in [0.717, 1.165) is 29.8 Å². The molecule has 2 amide bonds. The molecule has 2 N–H and O–H groups in total. The number of nitrogens with one attached hydrogen (secondary N) is 1. The Balaban J connectivity index is 1.72. The number of anilines is 1. The highest BCUT2D eigenvalue weighted by Gasteiger charge is 2.51. The van der Waals surface area contributed by atoms with E-state index in [2.05, 4.69) is 10.3 Å². The van der Waals surface area contributed by atoms with Crippen LogP contribution in [0.25, 0.3) is 0 Å². The first-order chi connectivity index (χ1) is 10.0. The van der Waals surface area contributed by atoms with Gasteiger partial charge in [0.25, 0.3) is 0 Å². The maximum absolute atomic E-state index is 12.4. The highest BCUT2D eigenvalue weighted by atomic mass is 32.1. The lowest BCUT2D eigenvalue weighted by molar-refractivity contribution is -0.142. The quantitative estimate of drug-likeness (QED) is 0.898. The van der Waals surface area contributed by atoms with Crippen LogP contribution >= 0.6 is 11.3 Å². The Bertz CT molecular complexity index is 586. The molecule has 0 radical (unpaired) electrons. The Labute approximate surface area is 127 Å². The first-order valence-electron chi connectivity index (χ1n) is 7.29. The number of fused-ring (bicyclic) bond motifs is 2. The number of aryl methyl sites for hydroxylation is 2. The van der Waals surface area contributed by atoms with Crippen LogP contribution in [0.5, 0.6) is 0 Å². The molecule has 21 heavy (non-hydrogen) atoms. The number of rotatable bonds is 3. The smallest absolute Gasteiger partial charge is 0.324 e. The van der Waals surface area contributed by atoms with E-state index in [1.807, 2.05) is 13.8 Å². The third kappa shape index (κ3) is 2.39. The Hall–Kier alpha value is -1.63. The van der Waals surface area contributed by atoms with Crippen molar-refractivity contribution in [2.75, 3.05) is 5.32 Å². The summed E-state index contributed by atoms with van der Waals surface area (Å²) in [6.45, 7) is 4.03. The van der Waals surface area contributed by atoms with Gasteiger partial charge in [-0.1, -0.05) is 6.92 Å². The molecule has 0 saturated carbocycles. The van der Waals surface area contributed by atoms with Crippen LogP contribution in [0.4, 0.5) is 9.93 Å². The van der Waals surface area contributed by atoms with Gasteiger partial charge in [-0.25, -0.2) is 9.78 Å². The summed E-state index contributed by atoms with van der Waals surface area (Å²) >= 11 is 1.47. The number of nitrogens with zero attached hydrogens (tertiary/aromatic N) is 2. The van der Waals surface area contributed by atoms with Crippen molar-refractivity contribution in [2.45, 2.75) is 51.6 Å². The van der Waals surface area contributed by atoms with Crippen LogP contribution in [0.3, 0.4) is 0 Å². The summed E-state index contributed by atoms with van der Waals surface area (Å²) in [5, 5.41) is 12.7. The highest BCUT2D eigenvalue weighted by Crippen LogP contribution is 2.42. The molecule has 7 heteroatoms. The second-order valence-electron chi connectivity index (χ2n) is 5.69. The number of hydrogen-bond acceptors (Lipinski definition) is 4. The topological polar surface area (TPSA) is 82.5 Å². The monoisotopic (exact) mass is 309 g/mol. The molecule has 6 nitrogen and oxygen atoms in total. The zero-order valence-corrected chi connectivity index (χ0v) is 12.9. The summed E-state index contributed by atoms with van der Waals surface area (Å²) in [5.74, 6) is -1.21. The average molecular weight is 309 g/mol. The third-order valence-corrected chi connectivity index (χ3v) is 5.46. The van der Waals surface area contributed by atoms with Crippen LogP contribution in [0.1, 0.15) is 36.8 Å². The first-order valence-corrected chi connectivity index (χ1v) is 8.11. The molecule has 3 rings (SSSR count). The Morgan fingerprint density at radius 2 is 2.24 bits per heavy atom. The summed E-state index contributed by atoms with van der Waals surface area (Å²) in [6.07, 6.45) is 3.10. The zero-order valence-electron chi connectivity index (χ0n) is 12.1. The second kappa shape index (κ2) is 5.29. The number of urea groups is 1. The van der Waals surface area contributed by atoms with Gasteiger partial charge in [-0.05, 0) is 32.6 Å². The summed E-state index contributed by atoms with van der Waals surface area (Å²) < 4.78 is 0. The first kappa shape index (κ1) is 14.3. The molecule has 1 aromatic heterocycles. The van der Waals surface area contributed by atoms with Gasteiger partial charge in [-0.3, -0.25) is 10.1 Å². The second-order valence-corrected chi connectivity index (χ2v) is 6.90. The summed E-state index contributed by atoms with van der Waals surface area (Å²) in [6, 6.07) is -0.315. The minimum Gasteiger partial charge on any atom is -0.481 e. The van der Waals surface area contributed by atoms with Crippen molar-refractivity contribution in [3.8, 4) is 0 Å². The largest absolute Gasteiger partial charge is 0.481 e. The molecular weight excluding hydrogens is 290 g/mol. The molecule has 2 saturated heterocycles. The number of hydrogen-bond donors (Lipinski definition) is 2. The van der Waals surface area contributed by atoms with Crippen molar-refractivity contribution >= 4 is 28.5 Å². The minimum atomic E-state index is -0.793. The summed E-state index contributed by atoms with van der Waals surface area (Å²) in [5.41, 5.74) is 1.00. The van der Waals surface area contributed by atoms with Crippen LogP contribution in [-0.2, 0) is 11.2 Å². The molecule has 2 bridgehead atoms. The van der Waals surface area contributed by atoms with E-state index >= 15 is 0 Å². The fourth-order valence-electron chi connectivity index (χ4n) is 3.54. The number of carboxylic acid groups (broad SMARTS) is 1. The van der Waals surface area contributed by atoms with E-state index in [4.69, 9.17) is 0 Å². The molecule has 2 aliphatic rings. The number of aromatic nitrogens is 1. The van der Waals surface area contributed by atoms with Crippen LogP contribution in [0.2, 0.25) is 0 Å². The molecule has 1 aromatic rings. The maximum atomic E-state index is 12.4. The molecule has 2 aliphatic heterocycles. The molecular formula is C14H19N3O3S. The molecule has 0 aliphatic carbocycles. The normalized spacial score (nSPS) is 27.1. The van der Waals surface area contributed by atoms with Crippen molar-refractivity contribution in [3.05, 3.63) is 10.6 Å². The summed E-state index contributed by atoms with van der Waals surface area (Å²) in [4.78, 5) is 30.9. The SMILES string of the molecule is CCc1nc(NC(=O)N2C3CCC2C(C(=O)O)C3)sc1C. The van der Waals surface area contributed by atoms with Gasteiger partial charge in [0.05, 0.1) is 11.6 Å². The van der Waals surface area contributed by atoms with Crippen molar-refractivity contribution in [1.82, 2.24) is 9.88 Å². The van der Waals surface area contributed by atoms with E-state index < -0.39 is 11.9 Å². The molecule has 114 valence electrons. The van der Waals surface area contributed by atoms with Gasteiger partial charge in [0.2, 0.25) is 0 Å². The molecule has 0 aromatic carbocycles. The summed E-state index contributed by atoms with van der Waals surface area (Å²) in [7, 11) is 0. The van der Waals surface area contributed by atoms with Crippen molar-refractivity contribution in [1.29, 1.82) is 0 Å². The predicted molar refractivity (Wildman–Crippen MR) is 79.6 cm³/mol. The average Bonchev–Trinajstić information content (AvgIpc) is 3.10. The lowest BCUT2D eigenvalue weighted by Gasteiger charge is -2.22. The number of amides is 2. The lowest BCUT2D eigenvalue weighted by atomic mass is 9.89. The Morgan fingerprint density at radius 1 is 1.48 bits per heavy atom. The van der Waals surface area contributed by atoms with Crippen molar-refractivity contribution in [2.24, 2.45) is 5.92 Å². The van der Waals surface area contributed by atoms with Gasteiger partial charge in [0, 0.05) is 17.0 Å². The Morgan fingerprint density at radius 3 is 2.81 bits per heavy atom. The van der Waals surface area contributed by atoms with Crippen molar-refractivity contribution in [3.63, 3.8) is 0 Å². The Kier molecular flexibility index (Phi) is 3.61. The van der Waals surface area contributed by atoms with Gasteiger partial charge < -0.3 is 10.0 Å². The molecule has 3 heterocycles. The number of carboxylic acids is 1. The number of carbonyl (C=O) groups is 2. The van der Waals surface area contributed by atoms with Gasteiger partial charge >= 0.3 is 12.0 Å². The molecule has 3 atom stereocenters. The van der Waals surface area contributed by atoms with Crippen LogP contribution < -0.4 is 5.32 Å². The van der Waals surface area contributed by atoms with Gasteiger partial charge in [0.15, 0.2) is 5.13 Å². The fourth-order valence-corrected chi connectivity index (χ4v) is 4.43. The lowest BCUT2D eigenvalue weighted by Crippen LogP contribution is -2.40. The van der Waals surface area contributed by atoms with E-state index in [1.165, 1.54) is 11.3 Å². The molecule has 2 fully saturated rings. The third-order valence-electron chi connectivity index (χ3n) is 4.53. The van der Waals surface area contributed by atoms with Gasteiger partial charge in [0.1, 0.15) is 0 Å². The fraction of sp³-hybridized carbons (Fsp3) is 0.643. The van der Waals surface area contributed by atoms with E-state index in [9.17, 15) is 14.7 Å². The van der Waals surface area contributed by atoms with Gasteiger partial charge in [-0.2, -0.15) is 0 Å². The predicted octanol–water partition coefficient (Wildman–Crippen LogP) is 2.48. The number of thiazole rings is 1.